The van der Waals surface area contributed by atoms with E-state index in [-0.39, 0.29) is 0 Å². The van der Waals surface area contributed by atoms with Gasteiger partial charge in [-0.3, -0.25) is 0 Å². The van der Waals surface area contributed by atoms with Gasteiger partial charge in [-0.15, -0.1) is 0 Å². The van der Waals surface area contributed by atoms with Crippen LogP contribution in [0.15, 0.2) is 12.4 Å². The topological polar surface area (TPSA) is 52.2 Å². The molecule has 1 aromatic heterocycles. The Bertz CT molecular complexity index is 408. The molecule has 0 aliphatic carbocycles. The minimum absolute atomic E-state index is 0.342. The maximum atomic E-state index is 11.0. The minimum atomic E-state index is -3.45. The lowest BCUT2D eigenvalue weighted by molar-refractivity contribution is -0.674. The van der Waals surface area contributed by atoms with E-state index < -0.39 is 10.1 Å². The maximum Gasteiger partial charge on any atom is 0.471 e. The summed E-state index contributed by atoms with van der Waals surface area (Å²) < 4.78 is 30.2. The number of aryl methyl sites for hydroxylation is 2. The Labute approximate surface area is 84.1 Å². The monoisotopic (exact) mass is 219 g/mol. The fraction of sp³-hybridized carbons (Fsp3) is 0.625. The quantitative estimate of drug-likeness (QED) is 0.531. The van der Waals surface area contributed by atoms with E-state index in [4.69, 9.17) is 4.18 Å². The zero-order valence-corrected chi connectivity index (χ0v) is 9.41. The van der Waals surface area contributed by atoms with Crippen LogP contribution in [-0.4, -0.2) is 19.2 Å². The number of rotatable bonds is 4. The highest BCUT2D eigenvalue weighted by Gasteiger charge is 2.20. The van der Waals surface area contributed by atoms with E-state index in [0.717, 1.165) is 19.2 Å². The van der Waals surface area contributed by atoms with E-state index in [1.165, 1.54) is 0 Å². The predicted molar refractivity (Wildman–Crippen MR) is 51.4 cm³/mol. The summed E-state index contributed by atoms with van der Waals surface area (Å²) in [7, 11) is -1.71. The van der Waals surface area contributed by atoms with Crippen LogP contribution in [0.3, 0.4) is 0 Å². The molecular formula is C8H15N2O3S+. The summed E-state index contributed by atoms with van der Waals surface area (Å²) in [5.41, 5.74) is 0. The molecule has 0 N–H and O–H groups in total. The van der Waals surface area contributed by atoms with Gasteiger partial charge in [-0.2, -0.15) is 17.6 Å². The second-order valence-corrected chi connectivity index (χ2v) is 4.75. The van der Waals surface area contributed by atoms with Gasteiger partial charge in [0.05, 0.1) is 19.8 Å². The molecule has 0 fully saturated rings. The molecule has 0 saturated heterocycles. The molecule has 0 aromatic carbocycles. The standard InChI is InChI=1S/C8H15N2O3S/c1-4-5-10-7-6-9(2)8(10)13-14(3,11)12/h6-7H,4-5H2,1-3H3/q+1. The van der Waals surface area contributed by atoms with Gasteiger partial charge in [-0.25, -0.2) is 0 Å². The molecule has 0 saturated carbocycles. The van der Waals surface area contributed by atoms with Crippen LogP contribution in [-0.2, 0) is 23.7 Å². The average Bonchev–Trinajstić information content (AvgIpc) is 2.34. The normalized spacial score (nSPS) is 11.6. The summed E-state index contributed by atoms with van der Waals surface area (Å²) in [4.78, 5) is 0. The Balaban J connectivity index is 2.99. The van der Waals surface area contributed by atoms with E-state index in [2.05, 4.69) is 0 Å². The van der Waals surface area contributed by atoms with E-state index in [0.29, 0.717) is 6.01 Å². The van der Waals surface area contributed by atoms with Crippen LogP contribution in [0.4, 0.5) is 0 Å². The third-order valence-electron chi connectivity index (χ3n) is 1.71. The van der Waals surface area contributed by atoms with Crippen molar-refractivity contribution in [3.8, 4) is 6.01 Å². The fourth-order valence-corrected chi connectivity index (χ4v) is 1.65. The van der Waals surface area contributed by atoms with Crippen molar-refractivity contribution in [2.24, 2.45) is 7.05 Å². The Kier molecular flexibility index (Phi) is 3.15. The van der Waals surface area contributed by atoms with Gasteiger partial charge in [0.2, 0.25) is 0 Å². The van der Waals surface area contributed by atoms with Crippen molar-refractivity contribution in [2.45, 2.75) is 19.9 Å². The van der Waals surface area contributed by atoms with Crippen molar-refractivity contribution in [3.05, 3.63) is 12.4 Å². The van der Waals surface area contributed by atoms with Crippen molar-refractivity contribution in [1.82, 2.24) is 4.57 Å². The lowest BCUT2D eigenvalue weighted by Gasteiger charge is -2.00. The first kappa shape index (κ1) is 11.0. The second kappa shape index (κ2) is 4.00. The highest BCUT2D eigenvalue weighted by molar-refractivity contribution is 7.86. The first-order valence-corrected chi connectivity index (χ1v) is 6.20. The first-order valence-electron chi connectivity index (χ1n) is 4.38. The number of hydrogen-bond acceptors (Lipinski definition) is 3. The van der Waals surface area contributed by atoms with Gasteiger partial charge < -0.3 is 4.18 Å². The Morgan fingerprint density at radius 2 is 2.21 bits per heavy atom. The molecule has 6 heteroatoms. The molecule has 1 aromatic rings. The van der Waals surface area contributed by atoms with Crippen molar-refractivity contribution in [2.75, 3.05) is 6.26 Å². The van der Waals surface area contributed by atoms with E-state index in [9.17, 15) is 8.42 Å². The molecule has 1 rings (SSSR count). The second-order valence-electron chi connectivity index (χ2n) is 3.17. The molecule has 14 heavy (non-hydrogen) atoms. The van der Waals surface area contributed by atoms with Crippen molar-refractivity contribution in [1.29, 1.82) is 0 Å². The molecule has 0 radical (unpaired) electrons. The van der Waals surface area contributed by atoms with Crippen LogP contribution in [0.5, 0.6) is 6.01 Å². The SMILES string of the molecule is CCCn1cc[n+](C)c1OS(C)(=O)=O. The predicted octanol–water partition coefficient (Wildman–Crippen LogP) is 0.0610. The molecule has 0 unspecified atom stereocenters. The largest absolute Gasteiger partial charge is 0.471 e. The zero-order chi connectivity index (χ0) is 10.8. The van der Waals surface area contributed by atoms with E-state index in [1.54, 1.807) is 28.6 Å². The molecule has 80 valence electrons. The van der Waals surface area contributed by atoms with Crippen molar-refractivity contribution in [3.63, 3.8) is 0 Å². The molecule has 0 aliphatic heterocycles. The smallest absolute Gasteiger partial charge is 0.308 e. The number of imidazole rings is 1. The molecule has 0 aliphatic rings. The number of aromatic nitrogens is 2. The third kappa shape index (κ3) is 2.73. The molecule has 0 amide bonds. The summed E-state index contributed by atoms with van der Waals surface area (Å²) in [6, 6.07) is 0.342. The van der Waals surface area contributed by atoms with Crippen LogP contribution in [0.1, 0.15) is 13.3 Å². The number of nitrogens with zero attached hydrogens (tertiary/aromatic N) is 2. The summed E-state index contributed by atoms with van der Waals surface area (Å²) in [5, 5.41) is 0. The molecular weight excluding hydrogens is 204 g/mol. The van der Waals surface area contributed by atoms with Gasteiger partial charge in [0.25, 0.3) is 0 Å². The molecule has 1 heterocycles. The van der Waals surface area contributed by atoms with Gasteiger partial charge in [0, 0.05) is 0 Å². The zero-order valence-electron chi connectivity index (χ0n) is 8.60. The fourth-order valence-electron chi connectivity index (χ4n) is 1.16. The summed E-state index contributed by atoms with van der Waals surface area (Å²) in [6.07, 6.45) is 5.52. The summed E-state index contributed by atoms with van der Waals surface area (Å²) in [6.45, 7) is 2.76. The van der Waals surface area contributed by atoms with Crippen LogP contribution in [0.25, 0.3) is 0 Å². The maximum absolute atomic E-state index is 11.0. The molecule has 0 spiro atoms. The van der Waals surface area contributed by atoms with Gasteiger partial charge in [-0.05, 0) is 6.42 Å². The number of hydrogen-bond donors (Lipinski definition) is 0. The molecule has 0 bridgehead atoms. The highest BCUT2D eigenvalue weighted by Crippen LogP contribution is 2.07. The summed E-state index contributed by atoms with van der Waals surface area (Å²) >= 11 is 0. The molecule has 0 atom stereocenters. The Morgan fingerprint density at radius 1 is 1.57 bits per heavy atom. The van der Waals surface area contributed by atoms with Gasteiger partial charge in [0.15, 0.2) is 0 Å². The highest BCUT2D eigenvalue weighted by atomic mass is 32.2. The first-order chi connectivity index (χ1) is 6.44. The molecule has 5 nitrogen and oxygen atoms in total. The van der Waals surface area contributed by atoms with Gasteiger partial charge in [-0.1, -0.05) is 6.92 Å². The summed E-state index contributed by atoms with van der Waals surface area (Å²) in [5.74, 6) is 0. The van der Waals surface area contributed by atoms with Crippen LogP contribution in [0, 0.1) is 0 Å². The van der Waals surface area contributed by atoms with Crippen LogP contribution >= 0.6 is 0 Å². The Morgan fingerprint density at radius 3 is 2.71 bits per heavy atom. The van der Waals surface area contributed by atoms with Gasteiger partial charge in [0.1, 0.15) is 12.4 Å². The lowest BCUT2D eigenvalue weighted by Crippen LogP contribution is -2.30. The van der Waals surface area contributed by atoms with Crippen molar-refractivity contribution >= 4 is 10.1 Å². The minimum Gasteiger partial charge on any atom is -0.308 e. The Hall–Kier alpha value is -1.04. The van der Waals surface area contributed by atoms with E-state index in [1.807, 2.05) is 6.92 Å². The average molecular weight is 219 g/mol. The van der Waals surface area contributed by atoms with Crippen molar-refractivity contribution < 1.29 is 17.2 Å². The van der Waals surface area contributed by atoms with Crippen LogP contribution < -0.4 is 8.75 Å². The lowest BCUT2D eigenvalue weighted by atomic mass is 10.5. The third-order valence-corrected chi connectivity index (χ3v) is 2.16. The van der Waals surface area contributed by atoms with Gasteiger partial charge >= 0.3 is 16.1 Å². The van der Waals surface area contributed by atoms with Crippen LogP contribution in [0.2, 0.25) is 0 Å². The van der Waals surface area contributed by atoms with E-state index >= 15 is 0 Å².